The summed E-state index contributed by atoms with van der Waals surface area (Å²) < 4.78 is 22.3. The first-order valence-corrected chi connectivity index (χ1v) is 7.41. The van der Waals surface area contributed by atoms with Gasteiger partial charge in [-0.15, -0.1) is 0 Å². The summed E-state index contributed by atoms with van der Waals surface area (Å²) in [7, 11) is -2.81. The SMILES string of the molecule is CCCCOP(C)(=O)OC(C)CCC. The lowest BCUT2D eigenvalue weighted by Gasteiger charge is -2.18. The fourth-order valence-electron chi connectivity index (χ4n) is 1.19. The summed E-state index contributed by atoms with van der Waals surface area (Å²) >= 11 is 0. The summed E-state index contributed by atoms with van der Waals surface area (Å²) in [5.41, 5.74) is 0. The average Bonchev–Trinajstić information content (AvgIpc) is 2.03. The summed E-state index contributed by atoms with van der Waals surface area (Å²) in [6.45, 7) is 8.17. The minimum atomic E-state index is -2.81. The standard InChI is InChI=1S/C10H23O3P/c1-5-7-9-12-14(4,11)13-10(3)8-6-2/h10H,5-9H2,1-4H3. The largest absolute Gasteiger partial charge is 0.327 e. The molecule has 0 radical (unpaired) electrons. The van der Waals surface area contributed by atoms with Gasteiger partial charge in [-0.2, -0.15) is 0 Å². The molecule has 0 aromatic heterocycles. The molecule has 3 nitrogen and oxygen atoms in total. The van der Waals surface area contributed by atoms with Gasteiger partial charge in [-0.3, -0.25) is 4.57 Å². The number of hydrogen-bond acceptors (Lipinski definition) is 3. The van der Waals surface area contributed by atoms with Gasteiger partial charge in [0.15, 0.2) is 0 Å². The molecule has 0 amide bonds. The lowest BCUT2D eigenvalue weighted by molar-refractivity contribution is 0.153. The van der Waals surface area contributed by atoms with E-state index in [2.05, 4.69) is 13.8 Å². The molecule has 0 saturated carbocycles. The minimum absolute atomic E-state index is 0.0254. The van der Waals surface area contributed by atoms with Crippen LogP contribution in [0.1, 0.15) is 46.5 Å². The molecular weight excluding hydrogens is 199 g/mol. The summed E-state index contributed by atoms with van der Waals surface area (Å²) in [5.74, 6) is 0. The van der Waals surface area contributed by atoms with Crippen molar-refractivity contribution in [2.24, 2.45) is 0 Å². The van der Waals surface area contributed by atoms with Crippen LogP contribution in [0, 0.1) is 0 Å². The molecule has 2 unspecified atom stereocenters. The van der Waals surface area contributed by atoms with E-state index in [-0.39, 0.29) is 6.10 Å². The fraction of sp³-hybridized carbons (Fsp3) is 1.00. The van der Waals surface area contributed by atoms with Crippen LogP contribution in [0.4, 0.5) is 0 Å². The highest BCUT2D eigenvalue weighted by molar-refractivity contribution is 7.53. The highest BCUT2D eigenvalue weighted by atomic mass is 31.2. The van der Waals surface area contributed by atoms with Gasteiger partial charge in [-0.05, 0) is 19.8 Å². The third-order valence-electron chi connectivity index (χ3n) is 1.89. The average molecular weight is 222 g/mol. The molecule has 4 heteroatoms. The van der Waals surface area contributed by atoms with E-state index in [1.807, 2.05) is 6.92 Å². The second-order valence-electron chi connectivity index (χ2n) is 3.66. The van der Waals surface area contributed by atoms with Crippen molar-refractivity contribution in [3.05, 3.63) is 0 Å². The smallest absolute Gasteiger partial charge is 0.309 e. The van der Waals surface area contributed by atoms with Crippen molar-refractivity contribution in [1.29, 1.82) is 0 Å². The van der Waals surface area contributed by atoms with Gasteiger partial charge >= 0.3 is 7.60 Å². The minimum Gasteiger partial charge on any atom is -0.309 e. The first-order valence-electron chi connectivity index (χ1n) is 5.42. The van der Waals surface area contributed by atoms with Crippen LogP contribution < -0.4 is 0 Å². The molecule has 0 heterocycles. The molecule has 14 heavy (non-hydrogen) atoms. The Hall–Kier alpha value is 0.150. The lowest BCUT2D eigenvalue weighted by atomic mass is 10.2. The molecular formula is C10H23O3P. The van der Waals surface area contributed by atoms with Gasteiger partial charge in [0.05, 0.1) is 12.7 Å². The molecule has 0 fully saturated rings. The van der Waals surface area contributed by atoms with Crippen LogP contribution in [0.2, 0.25) is 0 Å². The predicted molar refractivity (Wildman–Crippen MR) is 59.8 cm³/mol. The van der Waals surface area contributed by atoms with Crippen LogP contribution in [0.3, 0.4) is 0 Å². The molecule has 0 aliphatic carbocycles. The van der Waals surface area contributed by atoms with Gasteiger partial charge in [-0.25, -0.2) is 0 Å². The van der Waals surface area contributed by atoms with E-state index in [4.69, 9.17) is 9.05 Å². The third kappa shape index (κ3) is 7.54. The molecule has 0 aromatic carbocycles. The molecule has 86 valence electrons. The summed E-state index contributed by atoms with van der Waals surface area (Å²) in [5, 5.41) is 0. The number of rotatable bonds is 8. The van der Waals surface area contributed by atoms with Gasteiger partial charge in [0.2, 0.25) is 0 Å². The van der Waals surface area contributed by atoms with Crippen LogP contribution >= 0.6 is 7.60 Å². The zero-order valence-electron chi connectivity index (χ0n) is 9.78. The topological polar surface area (TPSA) is 35.5 Å². The Morgan fingerprint density at radius 2 is 1.93 bits per heavy atom. The lowest BCUT2D eigenvalue weighted by Crippen LogP contribution is -2.07. The molecule has 2 atom stereocenters. The molecule has 0 aliphatic heterocycles. The van der Waals surface area contributed by atoms with E-state index in [9.17, 15) is 4.57 Å². The molecule has 0 bridgehead atoms. The van der Waals surface area contributed by atoms with Crippen LogP contribution in [-0.2, 0) is 13.6 Å². The molecule has 0 aliphatic rings. The second-order valence-corrected chi connectivity index (χ2v) is 5.67. The molecule has 0 N–H and O–H groups in total. The maximum Gasteiger partial charge on any atom is 0.327 e. The Kier molecular flexibility index (Phi) is 7.52. The monoisotopic (exact) mass is 222 g/mol. The number of hydrogen-bond donors (Lipinski definition) is 0. The van der Waals surface area contributed by atoms with Crippen molar-refractivity contribution in [1.82, 2.24) is 0 Å². The maximum atomic E-state index is 11.7. The van der Waals surface area contributed by atoms with E-state index >= 15 is 0 Å². The van der Waals surface area contributed by atoms with Crippen molar-refractivity contribution in [3.63, 3.8) is 0 Å². The Labute approximate surface area is 87.7 Å². The Morgan fingerprint density at radius 3 is 2.43 bits per heavy atom. The van der Waals surface area contributed by atoms with Crippen LogP contribution in [0.15, 0.2) is 0 Å². The van der Waals surface area contributed by atoms with E-state index in [0.717, 1.165) is 25.7 Å². The number of unbranched alkanes of at least 4 members (excludes halogenated alkanes) is 1. The molecule has 0 aromatic rings. The summed E-state index contributed by atoms with van der Waals surface area (Å²) in [6.07, 6.45) is 3.97. The van der Waals surface area contributed by atoms with E-state index < -0.39 is 7.60 Å². The van der Waals surface area contributed by atoms with E-state index in [0.29, 0.717) is 6.61 Å². The highest BCUT2D eigenvalue weighted by Crippen LogP contribution is 2.45. The first kappa shape index (κ1) is 14.2. The van der Waals surface area contributed by atoms with Crippen molar-refractivity contribution in [2.75, 3.05) is 13.3 Å². The zero-order valence-corrected chi connectivity index (χ0v) is 10.7. The van der Waals surface area contributed by atoms with Crippen LogP contribution in [-0.4, -0.2) is 19.4 Å². The normalized spacial score (nSPS) is 17.7. The molecule has 0 saturated heterocycles. The Balaban J connectivity index is 3.76. The summed E-state index contributed by atoms with van der Waals surface area (Å²) in [4.78, 5) is 0. The van der Waals surface area contributed by atoms with E-state index in [1.54, 1.807) is 6.66 Å². The van der Waals surface area contributed by atoms with Crippen LogP contribution in [0.25, 0.3) is 0 Å². The second kappa shape index (κ2) is 7.44. The van der Waals surface area contributed by atoms with Gasteiger partial charge < -0.3 is 9.05 Å². The van der Waals surface area contributed by atoms with Crippen LogP contribution in [0.5, 0.6) is 0 Å². The fourth-order valence-corrected chi connectivity index (χ4v) is 2.47. The maximum absolute atomic E-state index is 11.7. The first-order chi connectivity index (χ1) is 6.52. The van der Waals surface area contributed by atoms with E-state index in [1.165, 1.54) is 0 Å². The highest BCUT2D eigenvalue weighted by Gasteiger charge is 2.19. The Morgan fingerprint density at radius 1 is 1.29 bits per heavy atom. The van der Waals surface area contributed by atoms with Gasteiger partial charge in [-0.1, -0.05) is 26.7 Å². The summed E-state index contributed by atoms with van der Waals surface area (Å²) in [6, 6.07) is 0. The molecule has 0 spiro atoms. The molecule has 0 rings (SSSR count). The van der Waals surface area contributed by atoms with Crippen molar-refractivity contribution in [2.45, 2.75) is 52.6 Å². The van der Waals surface area contributed by atoms with Crippen molar-refractivity contribution >= 4 is 7.60 Å². The third-order valence-corrected chi connectivity index (χ3v) is 3.28. The quantitative estimate of drug-likeness (QED) is 0.462. The van der Waals surface area contributed by atoms with Gasteiger partial charge in [0, 0.05) is 6.66 Å². The van der Waals surface area contributed by atoms with Gasteiger partial charge in [0.25, 0.3) is 0 Å². The predicted octanol–water partition coefficient (Wildman–Crippen LogP) is 3.83. The van der Waals surface area contributed by atoms with Gasteiger partial charge in [0.1, 0.15) is 0 Å². The van der Waals surface area contributed by atoms with Crippen molar-refractivity contribution in [3.8, 4) is 0 Å². The van der Waals surface area contributed by atoms with Crippen molar-refractivity contribution < 1.29 is 13.6 Å². The zero-order chi connectivity index (χ0) is 11.0. The Bertz CT molecular complexity index is 182.